The van der Waals surface area contributed by atoms with Gasteiger partial charge < -0.3 is 14.6 Å². The normalized spacial score (nSPS) is 11.9. The minimum Gasteiger partial charge on any atom is -0.496 e. The largest absolute Gasteiger partial charge is 0.496 e. The van der Waals surface area contributed by atoms with E-state index < -0.39 is 17.3 Å². The van der Waals surface area contributed by atoms with E-state index in [0.29, 0.717) is 22.5 Å². The number of para-hydroxylation sites is 2. The van der Waals surface area contributed by atoms with Crippen molar-refractivity contribution in [3.63, 3.8) is 0 Å². The summed E-state index contributed by atoms with van der Waals surface area (Å²) in [5.74, 6) is 1.00. The smallest absolute Gasteiger partial charge is 0.328 e. The summed E-state index contributed by atoms with van der Waals surface area (Å²) in [5.41, 5.74) is 0.257. The number of rotatable bonds is 7. The van der Waals surface area contributed by atoms with E-state index in [0.717, 1.165) is 5.56 Å². The molecule has 0 fully saturated rings. The van der Waals surface area contributed by atoms with E-state index in [1.165, 1.54) is 4.57 Å². The van der Waals surface area contributed by atoms with Crippen molar-refractivity contribution < 1.29 is 9.53 Å². The number of nitrogens with zero attached hydrogens (tertiary/aromatic N) is 3. The number of nitrogens with one attached hydrogen (secondary N) is 2. The summed E-state index contributed by atoms with van der Waals surface area (Å²) < 4.78 is 8.71. The fourth-order valence-corrected chi connectivity index (χ4v) is 3.75. The minimum atomic E-state index is -0.549. The van der Waals surface area contributed by atoms with Crippen LogP contribution in [0.1, 0.15) is 23.9 Å². The lowest BCUT2D eigenvalue weighted by molar-refractivity contribution is -0.121. The summed E-state index contributed by atoms with van der Waals surface area (Å²) in [7, 11) is 3.42. The van der Waals surface area contributed by atoms with Crippen LogP contribution in [-0.4, -0.2) is 32.1 Å². The summed E-state index contributed by atoms with van der Waals surface area (Å²) >= 11 is 0. The molecule has 0 aliphatic heterocycles. The van der Waals surface area contributed by atoms with Gasteiger partial charge in [-0.2, -0.15) is 0 Å². The number of aromatic amines is 1. The molecule has 2 aromatic heterocycles. The second-order valence-corrected chi connectivity index (χ2v) is 7.32. The van der Waals surface area contributed by atoms with Gasteiger partial charge in [0.1, 0.15) is 17.6 Å². The minimum absolute atomic E-state index is 0.0337. The first-order chi connectivity index (χ1) is 15.5. The number of ether oxygens (including phenoxy) is 1. The predicted octanol–water partition coefficient (Wildman–Crippen LogP) is 1.73. The molecule has 0 spiro atoms. The first-order valence-corrected chi connectivity index (χ1v) is 10.1. The number of H-pyrrole nitrogens is 1. The topological polar surface area (TPSA) is 111 Å². The molecule has 2 N–H and O–H groups in total. The molecule has 164 valence electrons. The Morgan fingerprint density at radius 1 is 1.16 bits per heavy atom. The van der Waals surface area contributed by atoms with Crippen LogP contribution < -0.4 is 21.3 Å². The zero-order chi connectivity index (χ0) is 22.7. The molecule has 4 rings (SSSR count). The Labute approximate surface area is 183 Å². The van der Waals surface area contributed by atoms with Crippen molar-refractivity contribution in [3.8, 4) is 5.75 Å². The molecule has 9 heteroatoms. The van der Waals surface area contributed by atoms with Crippen LogP contribution in [0.2, 0.25) is 0 Å². The highest BCUT2D eigenvalue weighted by molar-refractivity contribution is 5.79. The number of carbonyl (C=O) groups excluding carboxylic acids is 1. The van der Waals surface area contributed by atoms with Gasteiger partial charge >= 0.3 is 5.69 Å². The van der Waals surface area contributed by atoms with Crippen molar-refractivity contribution in [2.24, 2.45) is 7.05 Å². The summed E-state index contributed by atoms with van der Waals surface area (Å²) in [6, 6.07) is 13.7. The summed E-state index contributed by atoms with van der Waals surface area (Å²) in [6.07, 6.45) is 3.50. The molecule has 0 bridgehead atoms. The number of fused-ring (bicyclic) bond motifs is 1. The second-order valence-electron chi connectivity index (χ2n) is 7.32. The Hall–Kier alpha value is -4.14. The Morgan fingerprint density at radius 2 is 1.91 bits per heavy atom. The molecule has 0 aliphatic carbocycles. The summed E-state index contributed by atoms with van der Waals surface area (Å²) in [4.78, 5) is 44.1. The van der Waals surface area contributed by atoms with E-state index in [1.807, 2.05) is 35.9 Å². The van der Waals surface area contributed by atoms with Crippen LogP contribution in [0.4, 0.5) is 0 Å². The first kappa shape index (κ1) is 21.1. The zero-order valence-electron chi connectivity index (χ0n) is 17.7. The van der Waals surface area contributed by atoms with Gasteiger partial charge in [0, 0.05) is 38.0 Å². The molecule has 2 heterocycles. The van der Waals surface area contributed by atoms with Gasteiger partial charge in [0.2, 0.25) is 5.91 Å². The van der Waals surface area contributed by atoms with E-state index in [2.05, 4.69) is 15.3 Å². The monoisotopic (exact) mass is 433 g/mol. The molecule has 2 aromatic carbocycles. The molecule has 1 amide bonds. The number of aryl methyl sites for hydroxylation is 2. The Morgan fingerprint density at radius 3 is 2.66 bits per heavy atom. The molecule has 4 aromatic rings. The summed E-state index contributed by atoms with van der Waals surface area (Å²) in [6.45, 7) is 0.112. The van der Waals surface area contributed by atoms with E-state index in [1.54, 1.807) is 43.8 Å². The highest BCUT2D eigenvalue weighted by Crippen LogP contribution is 2.29. The van der Waals surface area contributed by atoms with Gasteiger partial charge in [-0.25, -0.2) is 9.78 Å². The molecule has 0 radical (unpaired) electrons. The van der Waals surface area contributed by atoms with Gasteiger partial charge in [0.15, 0.2) is 0 Å². The van der Waals surface area contributed by atoms with E-state index in [-0.39, 0.29) is 18.9 Å². The molecule has 0 unspecified atom stereocenters. The quantitative estimate of drug-likeness (QED) is 0.461. The van der Waals surface area contributed by atoms with Crippen LogP contribution in [0.25, 0.3) is 10.9 Å². The third-order valence-corrected chi connectivity index (χ3v) is 5.34. The molecular weight excluding hydrogens is 410 g/mol. The Kier molecular flexibility index (Phi) is 5.89. The molecule has 32 heavy (non-hydrogen) atoms. The van der Waals surface area contributed by atoms with Crippen LogP contribution in [0.15, 0.2) is 70.5 Å². The highest BCUT2D eigenvalue weighted by atomic mass is 16.5. The van der Waals surface area contributed by atoms with Crippen LogP contribution in [0.5, 0.6) is 5.75 Å². The molecule has 0 aliphatic rings. The maximum Gasteiger partial charge on any atom is 0.328 e. The van der Waals surface area contributed by atoms with Crippen molar-refractivity contribution in [2.75, 3.05) is 7.11 Å². The lowest BCUT2D eigenvalue weighted by Gasteiger charge is -2.21. The number of amides is 1. The molecular formula is C23H23N5O4. The number of hydrogen-bond acceptors (Lipinski definition) is 5. The second kappa shape index (κ2) is 8.93. The van der Waals surface area contributed by atoms with Gasteiger partial charge in [0.05, 0.1) is 18.0 Å². The Bertz CT molecular complexity index is 1380. The van der Waals surface area contributed by atoms with Crippen molar-refractivity contribution in [2.45, 2.75) is 19.0 Å². The lowest BCUT2D eigenvalue weighted by Crippen LogP contribution is -2.34. The van der Waals surface area contributed by atoms with Gasteiger partial charge in [0.25, 0.3) is 5.56 Å². The predicted molar refractivity (Wildman–Crippen MR) is 120 cm³/mol. The molecule has 0 saturated carbocycles. The average molecular weight is 433 g/mol. The van der Waals surface area contributed by atoms with Crippen LogP contribution in [0.3, 0.4) is 0 Å². The van der Waals surface area contributed by atoms with Crippen molar-refractivity contribution in [3.05, 3.63) is 93.2 Å². The number of aromatic nitrogens is 4. The van der Waals surface area contributed by atoms with E-state index >= 15 is 0 Å². The lowest BCUT2D eigenvalue weighted by atomic mass is 10.0. The molecule has 0 saturated heterocycles. The van der Waals surface area contributed by atoms with Gasteiger partial charge in [-0.15, -0.1) is 0 Å². The fraction of sp³-hybridized carbons (Fsp3) is 0.217. The SMILES string of the molecule is COc1ccccc1[C@H](NC(=O)CCn1c(=O)[nH]c(=O)c2ccccc21)c1nccn1C. The maximum atomic E-state index is 12.9. The third kappa shape index (κ3) is 4.04. The number of carbonyl (C=O) groups is 1. The third-order valence-electron chi connectivity index (χ3n) is 5.34. The van der Waals surface area contributed by atoms with E-state index in [4.69, 9.17) is 4.74 Å². The fourth-order valence-electron chi connectivity index (χ4n) is 3.75. The average Bonchev–Trinajstić information content (AvgIpc) is 3.23. The van der Waals surface area contributed by atoms with Crippen molar-refractivity contribution in [1.82, 2.24) is 24.4 Å². The first-order valence-electron chi connectivity index (χ1n) is 10.1. The number of methoxy groups -OCH3 is 1. The van der Waals surface area contributed by atoms with Crippen LogP contribution in [0, 0.1) is 0 Å². The number of imidazole rings is 1. The number of hydrogen-bond donors (Lipinski definition) is 2. The standard InChI is InChI=1S/C23H23N5O4/c1-27-14-12-24-21(27)20(16-8-4-6-10-18(16)32-2)25-19(29)11-13-28-17-9-5-3-7-15(17)22(30)26-23(28)31/h3-10,12,14,20H,11,13H2,1-2H3,(H,25,29)(H,26,30,31)/t20-/m0/s1. The van der Waals surface area contributed by atoms with Gasteiger partial charge in [-0.1, -0.05) is 30.3 Å². The highest BCUT2D eigenvalue weighted by Gasteiger charge is 2.24. The van der Waals surface area contributed by atoms with Crippen LogP contribution >= 0.6 is 0 Å². The molecule has 9 nitrogen and oxygen atoms in total. The van der Waals surface area contributed by atoms with Gasteiger partial charge in [-0.3, -0.25) is 19.1 Å². The zero-order valence-corrected chi connectivity index (χ0v) is 17.7. The molecule has 1 atom stereocenters. The van der Waals surface area contributed by atoms with Crippen LogP contribution in [-0.2, 0) is 18.4 Å². The Balaban J connectivity index is 1.61. The number of benzene rings is 2. The van der Waals surface area contributed by atoms with Gasteiger partial charge in [-0.05, 0) is 18.2 Å². The summed E-state index contributed by atoms with van der Waals surface area (Å²) in [5, 5.41) is 3.41. The maximum absolute atomic E-state index is 12.9. The van der Waals surface area contributed by atoms with Crippen molar-refractivity contribution in [1.29, 1.82) is 0 Å². The van der Waals surface area contributed by atoms with E-state index in [9.17, 15) is 14.4 Å². The van der Waals surface area contributed by atoms with Crippen molar-refractivity contribution >= 4 is 16.8 Å².